The minimum atomic E-state index is -0.728. The van der Waals surface area contributed by atoms with Crippen molar-refractivity contribution in [2.45, 2.75) is 84.1 Å². The third-order valence-corrected chi connectivity index (χ3v) is 5.17. The van der Waals surface area contributed by atoms with Crippen molar-refractivity contribution in [1.82, 2.24) is 4.90 Å². The van der Waals surface area contributed by atoms with Gasteiger partial charge in [-0.1, -0.05) is 52.4 Å². The van der Waals surface area contributed by atoms with E-state index in [0.717, 1.165) is 45.1 Å². The Labute approximate surface area is 129 Å². The van der Waals surface area contributed by atoms with Crippen LogP contribution in [0.5, 0.6) is 0 Å². The summed E-state index contributed by atoms with van der Waals surface area (Å²) >= 11 is 0. The Balaban J connectivity index is 2.19. The van der Waals surface area contributed by atoms with Gasteiger partial charge in [0.15, 0.2) is 0 Å². The van der Waals surface area contributed by atoms with E-state index in [1.165, 1.54) is 25.7 Å². The van der Waals surface area contributed by atoms with Gasteiger partial charge >= 0.3 is 0 Å². The van der Waals surface area contributed by atoms with Crippen LogP contribution in [0.4, 0.5) is 0 Å². The smallest absolute Gasteiger partial charge is 0.243 e. The number of hydrogen-bond donors (Lipinski definition) is 0. The largest absolute Gasteiger partial charge is 0.338 e. The summed E-state index contributed by atoms with van der Waals surface area (Å²) in [5.41, 5.74) is -0.728. The van der Waals surface area contributed by atoms with E-state index in [-0.39, 0.29) is 5.91 Å². The van der Waals surface area contributed by atoms with Crippen molar-refractivity contribution in [1.29, 1.82) is 5.26 Å². The second kappa shape index (κ2) is 7.29. The molecule has 0 atom stereocenters. The van der Waals surface area contributed by atoms with E-state index >= 15 is 0 Å². The number of nitriles is 1. The fourth-order valence-corrected chi connectivity index (χ4v) is 3.99. The molecule has 3 nitrogen and oxygen atoms in total. The van der Waals surface area contributed by atoms with Gasteiger partial charge in [0.25, 0.3) is 0 Å². The summed E-state index contributed by atoms with van der Waals surface area (Å²) in [5, 5.41) is 9.77. The fourth-order valence-electron chi connectivity index (χ4n) is 3.99. The molecule has 118 valence electrons. The van der Waals surface area contributed by atoms with Crippen LogP contribution in [-0.2, 0) is 4.79 Å². The molecule has 0 spiro atoms. The number of nitrogens with zero attached hydrogens (tertiary/aromatic N) is 2. The molecule has 0 radical (unpaired) electrons. The van der Waals surface area contributed by atoms with Gasteiger partial charge in [-0.15, -0.1) is 0 Å². The average molecular weight is 290 g/mol. The molecular weight excluding hydrogens is 260 g/mol. The van der Waals surface area contributed by atoms with E-state index < -0.39 is 5.41 Å². The Morgan fingerprint density at radius 3 is 2.19 bits per heavy atom. The molecule has 2 rings (SSSR count). The van der Waals surface area contributed by atoms with Crippen molar-refractivity contribution < 1.29 is 4.79 Å². The maximum Gasteiger partial charge on any atom is 0.243 e. The van der Waals surface area contributed by atoms with Gasteiger partial charge in [0.05, 0.1) is 6.07 Å². The standard InChI is InChI=1S/C18H30N2O/c1-15(2)13-20(16-9-5-6-10-16)17(21)18(14-19)11-7-3-4-8-12-18/h15-16H,3-13H2,1-2H3. The highest BCUT2D eigenvalue weighted by Crippen LogP contribution is 2.38. The third-order valence-electron chi connectivity index (χ3n) is 5.17. The minimum absolute atomic E-state index is 0.146. The maximum absolute atomic E-state index is 13.2. The van der Waals surface area contributed by atoms with Gasteiger partial charge in [0, 0.05) is 12.6 Å². The Kier molecular flexibility index (Phi) is 5.67. The van der Waals surface area contributed by atoms with Crippen LogP contribution in [0.1, 0.15) is 78.1 Å². The number of hydrogen-bond acceptors (Lipinski definition) is 2. The van der Waals surface area contributed by atoms with Gasteiger partial charge in [0.2, 0.25) is 5.91 Å². The van der Waals surface area contributed by atoms with Crippen LogP contribution >= 0.6 is 0 Å². The Bertz CT molecular complexity index is 383. The molecule has 1 amide bonds. The van der Waals surface area contributed by atoms with E-state index in [1.807, 2.05) is 0 Å². The van der Waals surface area contributed by atoms with Crippen molar-refractivity contribution in [3.63, 3.8) is 0 Å². The van der Waals surface area contributed by atoms with E-state index in [9.17, 15) is 10.1 Å². The van der Waals surface area contributed by atoms with Crippen molar-refractivity contribution >= 4 is 5.91 Å². The average Bonchev–Trinajstić information content (AvgIpc) is 2.88. The maximum atomic E-state index is 13.2. The van der Waals surface area contributed by atoms with Gasteiger partial charge in [0.1, 0.15) is 5.41 Å². The van der Waals surface area contributed by atoms with Crippen molar-refractivity contribution in [3.8, 4) is 6.07 Å². The zero-order valence-corrected chi connectivity index (χ0v) is 13.7. The first-order valence-electron chi connectivity index (χ1n) is 8.81. The van der Waals surface area contributed by atoms with E-state index in [0.29, 0.717) is 12.0 Å². The summed E-state index contributed by atoms with van der Waals surface area (Å²) in [6.45, 7) is 5.15. The van der Waals surface area contributed by atoms with Gasteiger partial charge in [-0.25, -0.2) is 0 Å². The molecule has 0 aromatic carbocycles. The number of carbonyl (C=O) groups is 1. The van der Waals surface area contributed by atoms with Crippen molar-refractivity contribution in [2.24, 2.45) is 11.3 Å². The Hall–Kier alpha value is -1.04. The molecule has 0 aromatic rings. The predicted molar refractivity (Wildman–Crippen MR) is 84.6 cm³/mol. The number of amides is 1. The van der Waals surface area contributed by atoms with Gasteiger partial charge in [-0.05, 0) is 31.6 Å². The third kappa shape index (κ3) is 3.78. The first-order valence-corrected chi connectivity index (χ1v) is 8.81. The molecule has 2 aliphatic carbocycles. The normalized spacial score (nSPS) is 22.8. The van der Waals surface area contributed by atoms with Gasteiger partial charge < -0.3 is 4.90 Å². The lowest BCUT2D eigenvalue weighted by Gasteiger charge is -2.37. The first kappa shape index (κ1) is 16.3. The molecule has 0 N–H and O–H groups in total. The molecule has 2 fully saturated rings. The highest BCUT2D eigenvalue weighted by molar-refractivity contribution is 5.86. The summed E-state index contributed by atoms with van der Waals surface area (Å²) in [6, 6.07) is 2.83. The molecule has 2 saturated carbocycles. The molecule has 0 aliphatic heterocycles. The van der Waals surface area contributed by atoms with Crippen LogP contribution in [0, 0.1) is 22.7 Å². The lowest BCUT2D eigenvalue weighted by Crippen LogP contribution is -2.49. The van der Waals surface area contributed by atoms with Crippen LogP contribution in [0.25, 0.3) is 0 Å². The van der Waals surface area contributed by atoms with Crippen molar-refractivity contribution in [2.75, 3.05) is 6.54 Å². The molecule has 0 unspecified atom stereocenters. The van der Waals surface area contributed by atoms with Crippen LogP contribution in [0.15, 0.2) is 0 Å². The topological polar surface area (TPSA) is 44.1 Å². The zero-order valence-electron chi connectivity index (χ0n) is 13.7. The fraction of sp³-hybridized carbons (Fsp3) is 0.889. The highest BCUT2D eigenvalue weighted by atomic mass is 16.2. The zero-order chi connectivity index (χ0) is 15.3. The molecule has 0 aromatic heterocycles. The number of rotatable bonds is 4. The van der Waals surface area contributed by atoms with Crippen LogP contribution in [0.2, 0.25) is 0 Å². The van der Waals surface area contributed by atoms with Crippen LogP contribution in [-0.4, -0.2) is 23.4 Å². The number of carbonyl (C=O) groups excluding carboxylic acids is 1. The molecule has 0 bridgehead atoms. The summed E-state index contributed by atoms with van der Waals surface area (Å²) in [6.07, 6.45) is 10.6. The van der Waals surface area contributed by atoms with Crippen LogP contribution < -0.4 is 0 Å². The Morgan fingerprint density at radius 1 is 1.14 bits per heavy atom. The van der Waals surface area contributed by atoms with Gasteiger partial charge in [-0.3, -0.25) is 4.79 Å². The summed E-state index contributed by atoms with van der Waals surface area (Å²) in [5.74, 6) is 0.614. The summed E-state index contributed by atoms with van der Waals surface area (Å²) < 4.78 is 0. The van der Waals surface area contributed by atoms with Crippen molar-refractivity contribution in [3.05, 3.63) is 0 Å². The monoisotopic (exact) mass is 290 g/mol. The first-order chi connectivity index (χ1) is 10.1. The van der Waals surface area contributed by atoms with Gasteiger partial charge in [-0.2, -0.15) is 5.26 Å². The highest BCUT2D eigenvalue weighted by Gasteiger charge is 2.43. The van der Waals surface area contributed by atoms with Crippen LogP contribution in [0.3, 0.4) is 0 Å². The molecule has 2 aliphatic rings. The Morgan fingerprint density at radius 2 is 1.71 bits per heavy atom. The molecule has 0 heterocycles. The van der Waals surface area contributed by atoms with E-state index in [2.05, 4.69) is 24.8 Å². The molecule has 3 heteroatoms. The summed E-state index contributed by atoms with van der Waals surface area (Å²) in [7, 11) is 0. The second-order valence-corrected chi connectivity index (χ2v) is 7.40. The molecule has 0 saturated heterocycles. The summed E-state index contributed by atoms with van der Waals surface area (Å²) in [4.78, 5) is 15.3. The predicted octanol–water partition coefficient (Wildman–Crippen LogP) is 4.28. The lowest BCUT2D eigenvalue weighted by atomic mass is 9.80. The lowest BCUT2D eigenvalue weighted by molar-refractivity contribution is -0.142. The SMILES string of the molecule is CC(C)CN(C(=O)C1(C#N)CCCCCC1)C1CCCC1. The van der Waals surface area contributed by atoms with E-state index in [1.54, 1.807) is 0 Å². The quantitative estimate of drug-likeness (QED) is 0.725. The molecule has 21 heavy (non-hydrogen) atoms. The second-order valence-electron chi connectivity index (χ2n) is 7.40. The molecular formula is C18H30N2O. The van der Waals surface area contributed by atoms with E-state index in [4.69, 9.17) is 0 Å². The minimum Gasteiger partial charge on any atom is -0.338 e.